The molecule has 4 aromatic carbocycles. The van der Waals surface area contributed by atoms with E-state index >= 15 is 0 Å². The number of amides is 2. The molecule has 0 heterocycles. The predicted molar refractivity (Wildman–Crippen MR) is 156 cm³/mol. The van der Waals surface area contributed by atoms with Gasteiger partial charge >= 0.3 is 0 Å². The third kappa shape index (κ3) is 8.45. The molecule has 1 N–H and O–H groups in total. The van der Waals surface area contributed by atoms with E-state index in [1.807, 2.05) is 97.1 Å². The van der Waals surface area contributed by atoms with E-state index in [1.54, 1.807) is 24.1 Å². The first-order valence-electron chi connectivity index (χ1n) is 13.0. The van der Waals surface area contributed by atoms with Crippen LogP contribution in [-0.4, -0.2) is 29.9 Å². The van der Waals surface area contributed by atoms with Gasteiger partial charge in [-0.05, 0) is 52.9 Å². The van der Waals surface area contributed by atoms with Gasteiger partial charge in [0.2, 0.25) is 11.8 Å². The molecule has 200 valence electrons. The number of halogens is 1. The number of hydrogen-bond acceptors (Lipinski definition) is 3. The molecular formula is C33H33ClN2O3. The molecule has 0 radical (unpaired) electrons. The topological polar surface area (TPSA) is 58.6 Å². The Kier molecular flexibility index (Phi) is 10.1. The molecule has 0 unspecified atom stereocenters. The van der Waals surface area contributed by atoms with Gasteiger partial charge in [0.25, 0.3) is 0 Å². The maximum absolute atomic E-state index is 13.8. The van der Waals surface area contributed by atoms with Crippen molar-refractivity contribution in [2.75, 3.05) is 7.11 Å². The number of benzene rings is 4. The summed E-state index contributed by atoms with van der Waals surface area (Å²) in [7, 11) is 1.62. The zero-order valence-electron chi connectivity index (χ0n) is 22.1. The number of hydrogen-bond donors (Lipinski definition) is 1. The molecule has 0 bridgehead atoms. The van der Waals surface area contributed by atoms with Gasteiger partial charge in [-0.15, -0.1) is 0 Å². The number of carbonyl (C=O) groups is 2. The number of aryl methyl sites for hydroxylation is 1. The average molecular weight is 541 g/mol. The van der Waals surface area contributed by atoms with E-state index < -0.39 is 6.04 Å². The maximum atomic E-state index is 13.8. The van der Waals surface area contributed by atoms with Crippen LogP contribution in [0.4, 0.5) is 0 Å². The van der Waals surface area contributed by atoms with Crippen LogP contribution < -0.4 is 10.1 Å². The number of ether oxygens (including phenoxy) is 1. The first-order chi connectivity index (χ1) is 19.0. The molecule has 0 spiro atoms. The molecule has 0 aliphatic rings. The Hall–Kier alpha value is -4.09. The molecule has 0 saturated carbocycles. The molecule has 39 heavy (non-hydrogen) atoms. The Morgan fingerprint density at radius 3 is 1.97 bits per heavy atom. The van der Waals surface area contributed by atoms with Crippen LogP contribution in [0.5, 0.6) is 5.75 Å². The first kappa shape index (κ1) is 27.9. The minimum absolute atomic E-state index is 0.0747. The largest absolute Gasteiger partial charge is 0.497 e. The lowest BCUT2D eigenvalue weighted by molar-refractivity contribution is -0.141. The van der Waals surface area contributed by atoms with E-state index in [4.69, 9.17) is 16.3 Å². The molecule has 0 fully saturated rings. The van der Waals surface area contributed by atoms with E-state index in [0.29, 0.717) is 37.4 Å². The highest BCUT2D eigenvalue weighted by Gasteiger charge is 2.30. The average Bonchev–Trinajstić information content (AvgIpc) is 2.98. The number of nitrogens with zero attached hydrogens (tertiary/aromatic N) is 1. The molecule has 6 heteroatoms. The summed E-state index contributed by atoms with van der Waals surface area (Å²) in [5.41, 5.74) is 3.93. The lowest BCUT2D eigenvalue weighted by Gasteiger charge is -2.32. The molecule has 0 aliphatic heterocycles. The van der Waals surface area contributed by atoms with Gasteiger partial charge in [0.05, 0.1) is 7.11 Å². The fourth-order valence-electron chi connectivity index (χ4n) is 4.43. The summed E-state index contributed by atoms with van der Waals surface area (Å²) in [5, 5.41) is 3.69. The number of carbonyl (C=O) groups excluding carboxylic acids is 2. The predicted octanol–water partition coefficient (Wildman–Crippen LogP) is 6.24. The van der Waals surface area contributed by atoms with Crippen molar-refractivity contribution in [1.29, 1.82) is 0 Å². The van der Waals surface area contributed by atoms with Crippen molar-refractivity contribution in [2.24, 2.45) is 0 Å². The number of nitrogens with one attached hydrogen (secondary N) is 1. The van der Waals surface area contributed by atoms with Crippen LogP contribution in [0.3, 0.4) is 0 Å². The van der Waals surface area contributed by atoms with Gasteiger partial charge in [0, 0.05) is 31.0 Å². The maximum Gasteiger partial charge on any atom is 0.243 e. The van der Waals surface area contributed by atoms with Crippen LogP contribution in [0.25, 0.3) is 0 Å². The summed E-state index contributed by atoms with van der Waals surface area (Å²) in [5.74, 6) is 0.483. The molecule has 0 aliphatic carbocycles. The minimum atomic E-state index is -0.690. The molecule has 4 aromatic rings. The highest BCUT2D eigenvalue weighted by molar-refractivity contribution is 6.30. The third-order valence-electron chi connectivity index (χ3n) is 6.63. The van der Waals surface area contributed by atoms with Crippen LogP contribution in [-0.2, 0) is 35.5 Å². The fourth-order valence-corrected chi connectivity index (χ4v) is 4.56. The molecule has 1 atom stereocenters. The SMILES string of the molecule is COc1ccc(CNC(=O)[C@@H](Cc2ccccc2)N(Cc2ccc(Cl)cc2)C(=O)CCc2ccccc2)cc1. The lowest BCUT2D eigenvalue weighted by atomic mass is 10.0. The van der Waals surface area contributed by atoms with Gasteiger partial charge < -0.3 is 15.0 Å². The van der Waals surface area contributed by atoms with E-state index in [-0.39, 0.29) is 11.8 Å². The second kappa shape index (κ2) is 14.2. The lowest BCUT2D eigenvalue weighted by Crippen LogP contribution is -2.50. The van der Waals surface area contributed by atoms with Crippen LogP contribution in [0.1, 0.15) is 28.7 Å². The molecule has 2 amide bonds. The van der Waals surface area contributed by atoms with Crippen LogP contribution in [0, 0.1) is 0 Å². The summed E-state index contributed by atoms with van der Waals surface area (Å²) in [6, 6.07) is 34.0. The smallest absolute Gasteiger partial charge is 0.243 e. The Labute approximate surface area is 235 Å². The monoisotopic (exact) mass is 540 g/mol. The van der Waals surface area contributed by atoms with Gasteiger partial charge in [-0.25, -0.2) is 0 Å². The summed E-state index contributed by atoms with van der Waals surface area (Å²) < 4.78 is 5.24. The third-order valence-corrected chi connectivity index (χ3v) is 6.89. The second-order valence-corrected chi connectivity index (χ2v) is 9.84. The molecule has 0 aromatic heterocycles. The second-order valence-electron chi connectivity index (χ2n) is 9.41. The number of rotatable bonds is 12. The van der Waals surface area contributed by atoms with Crippen molar-refractivity contribution in [3.05, 3.63) is 136 Å². The summed E-state index contributed by atoms with van der Waals surface area (Å²) in [6.45, 7) is 0.652. The first-order valence-corrected chi connectivity index (χ1v) is 13.4. The van der Waals surface area contributed by atoms with E-state index in [2.05, 4.69) is 5.32 Å². The summed E-state index contributed by atoms with van der Waals surface area (Å²) in [4.78, 5) is 29.2. The van der Waals surface area contributed by atoms with E-state index in [0.717, 1.165) is 28.0 Å². The van der Waals surface area contributed by atoms with E-state index in [1.165, 1.54) is 0 Å². The quantitative estimate of drug-likeness (QED) is 0.231. The van der Waals surface area contributed by atoms with Crippen LogP contribution in [0.2, 0.25) is 5.02 Å². The zero-order chi connectivity index (χ0) is 27.5. The zero-order valence-corrected chi connectivity index (χ0v) is 22.8. The van der Waals surface area contributed by atoms with Crippen LogP contribution >= 0.6 is 11.6 Å². The van der Waals surface area contributed by atoms with Gasteiger partial charge in [-0.3, -0.25) is 9.59 Å². The molecule has 5 nitrogen and oxygen atoms in total. The highest BCUT2D eigenvalue weighted by Crippen LogP contribution is 2.19. The minimum Gasteiger partial charge on any atom is -0.497 e. The normalized spacial score (nSPS) is 11.4. The molecule has 0 saturated heterocycles. The van der Waals surface area contributed by atoms with E-state index in [9.17, 15) is 9.59 Å². The van der Waals surface area contributed by atoms with Crippen LogP contribution in [0.15, 0.2) is 109 Å². The Morgan fingerprint density at radius 1 is 0.769 bits per heavy atom. The van der Waals surface area contributed by atoms with Gasteiger partial charge in [-0.1, -0.05) is 96.5 Å². The Balaban J connectivity index is 1.59. The molecule has 4 rings (SSSR count). The standard InChI is InChI=1S/C33H33ClN2O3/c1-39-30-19-14-27(15-20-30)23-35-33(38)31(22-26-10-6-3-7-11-26)36(24-28-12-17-29(34)18-13-28)32(37)21-16-25-8-4-2-5-9-25/h2-15,17-20,31H,16,21-24H2,1H3,(H,35,38)/t31-/m1/s1. The van der Waals surface area contributed by atoms with Gasteiger partial charge in [-0.2, -0.15) is 0 Å². The highest BCUT2D eigenvalue weighted by atomic mass is 35.5. The van der Waals surface area contributed by atoms with Crippen molar-refractivity contribution in [3.63, 3.8) is 0 Å². The molecular weight excluding hydrogens is 508 g/mol. The number of methoxy groups -OCH3 is 1. The Bertz CT molecular complexity index is 1330. The van der Waals surface area contributed by atoms with Crippen molar-refractivity contribution < 1.29 is 14.3 Å². The van der Waals surface area contributed by atoms with Gasteiger partial charge in [0.15, 0.2) is 0 Å². The van der Waals surface area contributed by atoms with Crippen molar-refractivity contribution >= 4 is 23.4 Å². The van der Waals surface area contributed by atoms with Crippen molar-refractivity contribution in [2.45, 2.75) is 38.4 Å². The van der Waals surface area contributed by atoms with Gasteiger partial charge in [0.1, 0.15) is 11.8 Å². The fraction of sp³-hybridized carbons (Fsp3) is 0.212. The summed E-state index contributed by atoms with van der Waals surface area (Å²) in [6.07, 6.45) is 1.30. The van der Waals surface area contributed by atoms with Crippen molar-refractivity contribution in [3.8, 4) is 5.75 Å². The summed E-state index contributed by atoms with van der Waals surface area (Å²) >= 11 is 6.11. The Morgan fingerprint density at radius 2 is 1.36 bits per heavy atom. The van der Waals surface area contributed by atoms with Crippen molar-refractivity contribution in [1.82, 2.24) is 10.2 Å².